The van der Waals surface area contributed by atoms with Crippen molar-refractivity contribution >= 4 is 5.91 Å². The molecule has 1 aromatic rings. The molecule has 2 aliphatic carbocycles. The molecule has 0 bridgehead atoms. The summed E-state index contributed by atoms with van der Waals surface area (Å²) in [4.78, 5) is 15.5. The van der Waals surface area contributed by atoms with Crippen molar-refractivity contribution in [2.75, 3.05) is 7.05 Å². The highest BCUT2D eigenvalue weighted by Crippen LogP contribution is 2.57. The molecule has 4 nitrogen and oxygen atoms in total. The van der Waals surface area contributed by atoms with Crippen molar-refractivity contribution in [2.45, 2.75) is 82.5 Å². The number of carbonyl (C=O) groups is 1. The first-order valence-corrected chi connectivity index (χ1v) is 10.8. The second-order valence-corrected chi connectivity index (χ2v) is 9.58. The van der Waals surface area contributed by atoms with Gasteiger partial charge in [0.1, 0.15) is 11.4 Å². The molecular formula is C23H32N2O2. The van der Waals surface area contributed by atoms with Gasteiger partial charge < -0.3 is 9.64 Å². The van der Waals surface area contributed by atoms with Crippen LogP contribution in [0.3, 0.4) is 0 Å². The molecule has 2 aliphatic heterocycles. The number of nitrogens with one attached hydrogen (secondary N) is 1. The van der Waals surface area contributed by atoms with Crippen molar-refractivity contribution in [3.05, 3.63) is 29.3 Å². The number of aryl methyl sites for hydroxylation is 1. The summed E-state index contributed by atoms with van der Waals surface area (Å²) in [5, 5.41) is 3.72. The minimum Gasteiger partial charge on any atom is -0.484 e. The monoisotopic (exact) mass is 368 g/mol. The average molecular weight is 369 g/mol. The topological polar surface area (TPSA) is 41.6 Å². The number of benzene rings is 1. The largest absolute Gasteiger partial charge is 0.484 e. The number of rotatable bonds is 3. The van der Waals surface area contributed by atoms with Crippen molar-refractivity contribution in [2.24, 2.45) is 11.8 Å². The van der Waals surface area contributed by atoms with Crippen molar-refractivity contribution in [3.8, 4) is 5.75 Å². The molecule has 0 radical (unpaired) electrons. The summed E-state index contributed by atoms with van der Waals surface area (Å²) < 4.78 is 6.67. The Hall–Kier alpha value is -1.55. The molecule has 1 N–H and O–H groups in total. The Bertz CT molecular complexity index is 764. The van der Waals surface area contributed by atoms with Crippen LogP contribution in [0.2, 0.25) is 0 Å². The zero-order chi connectivity index (χ0) is 18.8. The van der Waals surface area contributed by atoms with Gasteiger partial charge >= 0.3 is 0 Å². The molecule has 2 atom stereocenters. The van der Waals surface area contributed by atoms with Crippen LogP contribution in [0.1, 0.15) is 69.9 Å². The zero-order valence-electron chi connectivity index (χ0n) is 16.9. The Morgan fingerprint density at radius 1 is 1.19 bits per heavy atom. The molecule has 1 saturated heterocycles. The van der Waals surface area contributed by atoms with Gasteiger partial charge in [0, 0.05) is 12.6 Å². The van der Waals surface area contributed by atoms with Crippen LogP contribution >= 0.6 is 0 Å². The predicted octanol–water partition coefficient (Wildman–Crippen LogP) is 3.97. The lowest BCUT2D eigenvalue weighted by Gasteiger charge is -2.44. The maximum atomic E-state index is 13.6. The second kappa shape index (κ2) is 5.97. The molecule has 1 amide bonds. The van der Waals surface area contributed by atoms with Crippen LogP contribution in [0.15, 0.2) is 18.2 Å². The zero-order valence-corrected chi connectivity index (χ0v) is 16.9. The van der Waals surface area contributed by atoms with Gasteiger partial charge in [-0.15, -0.1) is 0 Å². The van der Waals surface area contributed by atoms with E-state index in [1.165, 1.54) is 24.8 Å². The van der Waals surface area contributed by atoms with Crippen LogP contribution in [0.5, 0.6) is 5.75 Å². The molecule has 4 heteroatoms. The molecule has 146 valence electrons. The van der Waals surface area contributed by atoms with Crippen LogP contribution in [0, 0.1) is 11.8 Å². The standard InChI is InChI=1S/C23H32N2O2/c1-15-10-12-22(13-11-15)23(21(26)25(3)16(2)24-23)19-14-18(7-6-17-4-5-17)8-9-20(19)27-22/h8-9,14-17,24H,4-7,10-13H2,1-3H3. The van der Waals surface area contributed by atoms with Gasteiger partial charge in [-0.1, -0.05) is 25.8 Å². The van der Waals surface area contributed by atoms with Gasteiger partial charge in [0.2, 0.25) is 0 Å². The molecule has 2 unspecified atom stereocenters. The summed E-state index contributed by atoms with van der Waals surface area (Å²) in [5.41, 5.74) is 1.28. The molecule has 2 spiro atoms. The molecule has 2 saturated carbocycles. The Balaban J connectivity index is 1.57. The first-order chi connectivity index (χ1) is 12.9. The number of carbonyl (C=O) groups excluding carboxylic acids is 1. The summed E-state index contributed by atoms with van der Waals surface area (Å²) in [5.74, 6) is 2.73. The Labute approximate surface area is 162 Å². The molecule has 4 aliphatic rings. The summed E-state index contributed by atoms with van der Waals surface area (Å²) in [6, 6.07) is 6.62. The van der Waals surface area contributed by atoms with Gasteiger partial charge in [0.15, 0.2) is 5.54 Å². The molecule has 3 fully saturated rings. The van der Waals surface area contributed by atoms with Gasteiger partial charge in [-0.25, -0.2) is 0 Å². The van der Waals surface area contributed by atoms with E-state index in [4.69, 9.17) is 4.74 Å². The van der Waals surface area contributed by atoms with E-state index in [0.29, 0.717) is 5.92 Å². The van der Waals surface area contributed by atoms with Crippen molar-refractivity contribution in [3.63, 3.8) is 0 Å². The fraction of sp³-hybridized carbons (Fsp3) is 0.696. The summed E-state index contributed by atoms with van der Waals surface area (Å²) >= 11 is 0. The van der Waals surface area contributed by atoms with Crippen LogP contribution in [-0.4, -0.2) is 29.6 Å². The van der Waals surface area contributed by atoms with Gasteiger partial charge in [-0.3, -0.25) is 10.1 Å². The first kappa shape index (κ1) is 17.5. The van der Waals surface area contributed by atoms with E-state index in [1.807, 2.05) is 11.9 Å². The number of fused-ring (bicyclic) bond motifs is 3. The lowest BCUT2D eigenvalue weighted by Crippen LogP contribution is -2.62. The molecule has 1 aromatic carbocycles. The third-order valence-corrected chi connectivity index (χ3v) is 7.70. The van der Waals surface area contributed by atoms with Gasteiger partial charge in [0.25, 0.3) is 5.91 Å². The van der Waals surface area contributed by atoms with E-state index in [1.54, 1.807) is 0 Å². The fourth-order valence-electron chi connectivity index (χ4n) is 5.56. The quantitative estimate of drug-likeness (QED) is 0.878. The van der Waals surface area contributed by atoms with Gasteiger partial charge in [-0.2, -0.15) is 0 Å². The summed E-state index contributed by atoms with van der Waals surface area (Å²) in [6.07, 6.45) is 9.32. The first-order valence-electron chi connectivity index (χ1n) is 10.8. The summed E-state index contributed by atoms with van der Waals surface area (Å²) in [6.45, 7) is 4.40. The minimum atomic E-state index is -0.716. The maximum absolute atomic E-state index is 13.6. The van der Waals surface area contributed by atoms with Crippen molar-refractivity contribution in [1.29, 1.82) is 0 Å². The lowest BCUT2D eigenvalue weighted by atomic mass is 9.66. The maximum Gasteiger partial charge on any atom is 0.252 e. The molecule has 27 heavy (non-hydrogen) atoms. The number of nitrogens with zero attached hydrogens (tertiary/aromatic N) is 1. The Morgan fingerprint density at radius 2 is 1.93 bits per heavy atom. The predicted molar refractivity (Wildman–Crippen MR) is 106 cm³/mol. The van der Waals surface area contributed by atoms with Crippen LogP contribution < -0.4 is 10.1 Å². The number of ether oxygens (including phenoxy) is 1. The van der Waals surface area contributed by atoms with Crippen LogP contribution in [0.4, 0.5) is 0 Å². The fourth-order valence-corrected chi connectivity index (χ4v) is 5.56. The Kier molecular flexibility index (Phi) is 3.88. The van der Waals surface area contributed by atoms with E-state index < -0.39 is 11.1 Å². The van der Waals surface area contributed by atoms with Gasteiger partial charge in [0.05, 0.1) is 6.17 Å². The minimum absolute atomic E-state index is 0.0263. The smallest absolute Gasteiger partial charge is 0.252 e. The molecule has 0 aromatic heterocycles. The highest BCUT2D eigenvalue weighted by atomic mass is 16.5. The van der Waals surface area contributed by atoms with Crippen LogP contribution in [-0.2, 0) is 16.8 Å². The molecule has 5 rings (SSSR count). The highest BCUT2D eigenvalue weighted by molar-refractivity contribution is 5.93. The van der Waals surface area contributed by atoms with E-state index in [-0.39, 0.29) is 12.1 Å². The third kappa shape index (κ3) is 2.48. The normalized spacial score (nSPS) is 37.9. The number of hydrogen-bond acceptors (Lipinski definition) is 3. The number of amides is 1. The summed E-state index contributed by atoms with van der Waals surface area (Å²) in [7, 11) is 1.92. The SMILES string of the molecule is CC1CCC2(CC1)Oc1ccc(CCC3CC3)cc1C21NC(C)N(C)C1=O. The third-order valence-electron chi connectivity index (χ3n) is 7.70. The molecule has 2 heterocycles. The number of hydrogen-bond donors (Lipinski definition) is 1. The van der Waals surface area contributed by atoms with E-state index >= 15 is 0 Å². The Morgan fingerprint density at radius 3 is 2.56 bits per heavy atom. The van der Waals surface area contributed by atoms with Gasteiger partial charge in [-0.05, 0) is 75.0 Å². The van der Waals surface area contributed by atoms with E-state index in [9.17, 15) is 4.79 Å². The second-order valence-electron chi connectivity index (χ2n) is 9.58. The molecular weight excluding hydrogens is 336 g/mol. The lowest BCUT2D eigenvalue weighted by molar-refractivity contribution is -0.140. The van der Waals surface area contributed by atoms with E-state index in [0.717, 1.165) is 49.3 Å². The van der Waals surface area contributed by atoms with E-state index in [2.05, 4.69) is 37.4 Å². The van der Waals surface area contributed by atoms with Crippen molar-refractivity contribution in [1.82, 2.24) is 10.2 Å². The average Bonchev–Trinajstić information content (AvgIpc) is 3.42. The highest BCUT2D eigenvalue weighted by Gasteiger charge is 2.68. The number of likely N-dealkylation sites (N-methyl/N-ethyl adjacent to an activating group) is 1. The van der Waals surface area contributed by atoms with Crippen molar-refractivity contribution < 1.29 is 9.53 Å². The van der Waals surface area contributed by atoms with Crippen LogP contribution in [0.25, 0.3) is 0 Å².